The third-order valence-electron chi connectivity index (χ3n) is 5.27. The molecule has 0 saturated heterocycles. The zero-order valence-electron chi connectivity index (χ0n) is 16.9. The van der Waals surface area contributed by atoms with Gasteiger partial charge < -0.3 is 9.47 Å². The highest BCUT2D eigenvalue weighted by Gasteiger charge is 2.81. The van der Waals surface area contributed by atoms with Crippen LogP contribution in [-0.4, -0.2) is 38.8 Å². The van der Waals surface area contributed by atoms with Gasteiger partial charge in [0.2, 0.25) is 0 Å². The number of sulfone groups is 1. The quantitative estimate of drug-likeness (QED) is 0.429. The Kier molecular flexibility index (Phi) is 6.38. The van der Waals surface area contributed by atoms with Crippen LogP contribution in [0.4, 0.5) is 0 Å². The normalized spacial score (nSPS) is 19.7. The standard InChI is InChI=1S/C22H23BrO6S/c1-4-28-20(24)22(21(25)29-5-2)18(15-8-10-16(23)11-9-15)19(22)30(26,27)17-12-6-14(3)7-13-17/h6-13,18-19H,4-5H2,1-3H3/t18-,19+/m0/s1. The van der Waals surface area contributed by atoms with E-state index in [-0.39, 0.29) is 18.1 Å². The Hall–Kier alpha value is -2.19. The van der Waals surface area contributed by atoms with Gasteiger partial charge in [0.05, 0.1) is 18.1 Å². The molecule has 0 amide bonds. The second kappa shape index (κ2) is 8.51. The maximum absolute atomic E-state index is 13.6. The summed E-state index contributed by atoms with van der Waals surface area (Å²) in [5.74, 6) is -2.66. The van der Waals surface area contributed by atoms with E-state index >= 15 is 0 Å². The number of ether oxygens (including phenoxy) is 2. The molecule has 6 nitrogen and oxygen atoms in total. The highest BCUT2D eigenvalue weighted by Crippen LogP contribution is 2.65. The lowest BCUT2D eigenvalue weighted by Gasteiger charge is -2.15. The number of benzene rings is 2. The van der Waals surface area contributed by atoms with Crippen LogP contribution < -0.4 is 0 Å². The van der Waals surface area contributed by atoms with Crippen LogP contribution in [0.5, 0.6) is 0 Å². The fourth-order valence-corrected chi connectivity index (χ4v) is 6.39. The smallest absolute Gasteiger partial charge is 0.325 e. The number of carbonyl (C=O) groups is 2. The molecule has 0 spiro atoms. The Morgan fingerprint density at radius 1 is 0.933 bits per heavy atom. The molecule has 3 rings (SSSR count). The Balaban J connectivity index is 2.19. The van der Waals surface area contributed by atoms with E-state index in [4.69, 9.17) is 9.47 Å². The number of aryl methyl sites for hydroxylation is 1. The number of carbonyl (C=O) groups excluding carboxylic acids is 2. The molecule has 1 fully saturated rings. The van der Waals surface area contributed by atoms with Crippen molar-refractivity contribution in [3.05, 3.63) is 64.1 Å². The zero-order valence-corrected chi connectivity index (χ0v) is 19.3. The van der Waals surface area contributed by atoms with E-state index < -0.39 is 38.4 Å². The minimum absolute atomic E-state index is 0.0182. The SMILES string of the molecule is CCOC(=O)C1(C(=O)OCC)[C@H](S(=O)(=O)c2ccc(C)cc2)[C@@H]1c1ccc(Br)cc1. The minimum atomic E-state index is -4.04. The monoisotopic (exact) mass is 494 g/mol. The van der Waals surface area contributed by atoms with Crippen LogP contribution in [0, 0.1) is 12.3 Å². The highest BCUT2D eigenvalue weighted by atomic mass is 79.9. The van der Waals surface area contributed by atoms with E-state index in [1.54, 1.807) is 50.2 Å². The number of halogens is 1. The molecular weight excluding hydrogens is 472 g/mol. The maximum atomic E-state index is 13.6. The molecule has 0 unspecified atom stereocenters. The summed E-state index contributed by atoms with van der Waals surface area (Å²) in [7, 11) is -4.04. The van der Waals surface area contributed by atoms with E-state index in [0.717, 1.165) is 10.0 Å². The fraction of sp³-hybridized carbons (Fsp3) is 0.364. The molecule has 2 atom stereocenters. The second-order valence-corrected chi connectivity index (χ2v) is 10.1. The van der Waals surface area contributed by atoms with Crippen LogP contribution in [0.1, 0.15) is 30.9 Å². The Bertz CT molecular complexity index is 1030. The average molecular weight is 495 g/mol. The molecule has 160 valence electrons. The molecule has 1 aliphatic carbocycles. The molecule has 30 heavy (non-hydrogen) atoms. The first-order chi connectivity index (χ1) is 14.2. The fourth-order valence-electron chi connectivity index (χ4n) is 3.83. The van der Waals surface area contributed by atoms with E-state index in [9.17, 15) is 18.0 Å². The number of rotatable bonds is 7. The van der Waals surface area contributed by atoms with Gasteiger partial charge in [0, 0.05) is 10.4 Å². The number of esters is 2. The first-order valence-electron chi connectivity index (χ1n) is 9.61. The number of hydrogen-bond donors (Lipinski definition) is 0. The summed E-state index contributed by atoms with van der Waals surface area (Å²) in [6, 6.07) is 13.2. The predicted molar refractivity (Wildman–Crippen MR) is 115 cm³/mol. The van der Waals surface area contributed by atoms with Crippen LogP contribution in [0.2, 0.25) is 0 Å². The third kappa shape index (κ3) is 3.67. The lowest BCUT2D eigenvalue weighted by Crippen LogP contribution is -2.35. The van der Waals surface area contributed by atoms with Crippen molar-refractivity contribution in [2.45, 2.75) is 36.8 Å². The number of hydrogen-bond acceptors (Lipinski definition) is 6. The molecule has 2 aromatic rings. The van der Waals surface area contributed by atoms with Crippen molar-refractivity contribution in [1.82, 2.24) is 0 Å². The first kappa shape index (κ1) is 22.5. The van der Waals surface area contributed by atoms with Crippen LogP contribution in [0.25, 0.3) is 0 Å². The van der Waals surface area contributed by atoms with Crippen LogP contribution >= 0.6 is 15.9 Å². The topological polar surface area (TPSA) is 86.7 Å². The van der Waals surface area contributed by atoms with Crippen molar-refractivity contribution in [3.63, 3.8) is 0 Å². The maximum Gasteiger partial charge on any atom is 0.325 e. The van der Waals surface area contributed by atoms with Gasteiger partial charge in [-0.25, -0.2) is 8.42 Å². The molecule has 0 aliphatic heterocycles. The van der Waals surface area contributed by atoms with E-state index in [1.807, 2.05) is 6.92 Å². The average Bonchev–Trinajstić information content (AvgIpc) is 3.42. The molecule has 8 heteroatoms. The van der Waals surface area contributed by atoms with Crippen molar-refractivity contribution in [1.29, 1.82) is 0 Å². The first-order valence-corrected chi connectivity index (χ1v) is 12.0. The van der Waals surface area contributed by atoms with Gasteiger partial charge in [-0.2, -0.15) is 0 Å². The largest absolute Gasteiger partial charge is 0.465 e. The minimum Gasteiger partial charge on any atom is -0.465 e. The summed E-state index contributed by atoms with van der Waals surface area (Å²) in [5.41, 5.74) is -0.486. The van der Waals surface area contributed by atoms with Gasteiger partial charge in [-0.05, 0) is 50.6 Å². The lowest BCUT2D eigenvalue weighted by molar-refractivity contribution is -0.164. The van der Waals surface area contributed by atoms with Crippen LogP contribution in [0.15, 0.2) is 57.9 Å². The third-order valence-corrected chi connectivity index (χ3v) is 8.04. The molecule has 0 aromatic heterocycles. The van der Waals surface area contributed by atoms with E-state index in [1.165, 1.54) is 12.1 Å². The van der Waals surface area contributed by atoms with Crippen molar-refractivity contribution in [2.24, 2.45) is 5.41 Å². The predicted octanol–water partition coefficient (Wildman–Crippen LogP) is 3.81. The molecule has 0 bridgehead atoms. The van der Waals surface area contributed by atoms with Crippen LogP contribution in [0.3, 0.4) is 0 Å². The molecule has 1 aliphatic rings. The van der Waals surface area contributed by atoms with Gasteiger partial charge in [-0.15, -0.1) is 0 Å². The van der Waals surface area contributed by atoms with E-state index in [2.05, 4.69) is 15.9 Å². The van der Waals surface area contributed by atoms with Crippen molar-refractivity contribution < 1.29 is 27.5 Å². The molecule has 1 saturated carbocycles. The molecule has 0 radical (unpaired) electrons. The van der Waals surface area contributed by atoms with Gasteiger partial charge in [0.25, 0.3) is 0 Å². The molecule has 0 heterocycles. The van der Waals surface area contributed by atoms with Crippen molar-refractivity contribution >= 4 is 37.7 Å². The molecular formula is C22H23BrO6S. The zero-order chi connectivity index (χ0) is 22.1. The van der Waals surface area contributed by atoms with Crippen molar-refractivity contribution in [3.8, 4) is 0 Å². The van der Waals surface area contributed by atoms with Crippen LogP contribution in [-0.2, 0) is 28.9 Å². The molecule has 2 aromatic carbocycles. The van der Waals surface area contributed by atoms with Gasteiger partial charge in [0.1, 0.15) is 5.25 Å². The van der Waals surface area contributed by atoms with Gasteiger partial charge >= 0.3 is 11.9 Å². The van der Waals surface area contributed by atoms with Gasteiger partial charge in [0.15, 0.2) is 15.3 Å². The Morgan fingerprint density at radius 2 is 1.43 bits per heavy atom. The summed E-state index contributed by atoms with van der Waals surface area (Å²) in [6.45, 7) is 5.10. The highest BCUT2D eigenvalue weighted by molar-refractivity contribution is 9.10. The summed E-state index contributed by atoms with van der Waals surface area (Å²) >= 11 is 3.35. The summed E-state index contributed by atoms with van der Waals surface area (Å²) < 4.78 is 38.3. The summed E-state index contributed by atoms with van der Waals surface area (Å²) in [4.78, 5) is 26.1. The van der Waals surface area contributed by atoms with Gasteiger partial charge in [-0.3, -0.25) is 9.59 Å². The Morgan fingerprint density at radius 3 is 1.90 bits per heavy atom. The second-order valence-electron chi connectivity index (χ2n) is 7.12. The lowest BCUT2D eigenvalue weighted by atomic mass is 9.99. The molecule has 0 N–H and O–H groups in total. The van der Waals surface area contributed by atoms with E-state index in [0.29, 0.717) is 5.56 Å². The van der Waals surface area contributed by atoms with Crippen molar-refractivity contribution in [2.75, 3.05) is 13.2 Å². The Labute approximate surface area is 184 Å². The summed E-state index contributed by atoms with van der Waals surface area (Å²) in [5, 5.41) is -1.31. The van der Waals surface area contributed by atoms with Gasteiger partial charge in [-0.1, -0.05) is 45.8 Å². The summed E-state index contributed by atoms with van der Waals surface area (Å²) in [6.07, 6.45) is 0.